The van der Waals surface area contributed by atoms with Gasteiger partial charge in [0.2, 0.25) is 0 Å². The fraction of sp³-hybridized carbons (Fsp3) is 0.846. The van der Waals surface area contributed by atoms with Crippen LogP contribution in [0.4, 0.5) is 0 Å². The highest BCUT2D eigenvalue weighted by atomic mass is 15.4. The lowest BCUT2D eigenvalue weighted by molar-refractivity contribution is 0.275. The summed E-state index contributed by atoms with van der Waals surface area (Å²) in [6.45, 7) is 5.28. The number of nitrogens with two attached hydrogens (primary N) is 1. The van der Waals surface area contributed by atoms with E-state index in [1.807, 2.05) is 4.90 Å². The van der Waals surface area contributed by atoms with Gasteiger partial charge in [0.15, 0.2) is 11.9 Å². The predicted octanol–water partition coefficient (Wildman–Crippen LogP) is 2.24. The third kappa shape index (κ3) is 4.55. The van der Waals surface area contributed by atoms with Crippen molar-refractivity contribution in [2.24, 2.45) is 10.7 Å². The summed E-state index contributed by atoms with van der Waals surface area (Å²) in [7, 11) is 0. The van der Waals surface area contributed by atoms with Gasteiger partial charge >= 0.3 is 0 Å². The van der Waals surface area contributed by atoms with Crippen LogP contribution in [0.1, 0.15) is 58.8 Å². The molecule has 0 aromatic carbocycles. The second kappa shape index (κ2) is 7.95. The Labute approximate surface area is 110 Å². The molecule has 0 amide bonds. The Hall–Kier alpha value is -1.26. The van der Waals surface area contributed by atoms with Gasteiger partial charge in [0, 0.05) is 6.54 Å². The summed E-state index contributed by atoms with van der Waals surface area (Å²) < 4.78 is 0. The van der Waals surface area contributed by atoms with Crippen molar-refractivity contribution in [2.45, 2.75) is 65.0 Å². The largest absolute Gasteiger partial charge is 0.370 e. The number of rotatable bonds is 8. The van der Waals surface area contributed by atoms with Gasteiger partial charge in [-0.3, -0.25) is 10.7 Å². The number of hydrogen-bond donors (Lipinski definition) is 3. The Bertz CT molecular complexity index is 287. The lowest BCUT2D eigenvalue weighted by atomic mass is 10.1. The van der Waals surface area contributed by atoms with Crippen LogP contribution in [0.25, 0.3) is 0 Å². The molecule has 1 rings (SSSR count). The Morgan fingerprint density at radius 2 is 1.89 bits per heavy atom. The average Bonchev–Trinajstić information content (AvgIpc) is 2.32. The zero-order valence-electron chi connectivity index (χ0n) is 11.7. The van der Waals surface area contributed by atoms with Crippen molar-refractivity contribution >= 4 is 11.9 Å². The summed E-state index contributed by atoms with van der Waals surface area (Å²) in [4.78, 5) is 6.48. The molecule has 1 atom stereocenters. The van der Waals surface area contributed by atoms with Crippen molar-refractivity contribution in [3.05, 3.63) is 0 Å². The Balaban J connectivity index is 2.54. The third-order valence-electron chi connectivity index (χ3n) is 3.25. The molecule has 0 bridgehead atoms. The fourth-order valence-electron chi connectivity index (χ4n) is 2.19. The number of unbranched alkanes of at least 4 members (excludes halogenated alkanes) is 4. The Morgan fingerprint density at radius 1 is 1.22 bits per heavy atom. The van der Waals surface area contributed by atoms with Crippen LogP contribution in [0, 0.1) is 5.41 Å². The van der Waals surface area contributed by atoms with Crippen LogP contribution in [0.5, 0.6) is 0 Å². The molecule has 1 unspecified atom stereocenters. The van der Waals surface area contributed by atoms with Crippen molar-refractivity contribution in [3.8, 4) is 0 Å². The summed E-state index contributed by atoms with van der Waals surface area (Å²) in [5.74, 6) is 0.786. The van der Waals surface area contributed by atoms with Crippen molar-refractivity contribution in [3.63, 3.8) is 0 Å². The van der Waals surface area contributed by atoms with E-state index in [-0.39, 0.29) is 6.17 Å². The SMILES string of the molecule is CCCCCC1N=C(N)NC(=N)N1CCCCC. The maximum Gasteiger partial charge on any atom is 0.199 e. The first kappa shape index (κ1) is 14.8. The molecule has 0 aliphatic carbocycles. The number of guanidine groups is 2. The summed E-state index contributed by atoms with van der Waals surface area (Å²) in [6, 6.07) is 0. The van der Waals surface area contributed by atoms with Crippen molar-refractivity contribution in [2.75, 3.05) is 6.54 Å². The van der Waals surface area contributed by atoms with Gasteiger partial charge in [-0.2, -0.15) is 0 Å². The lowest BCUT2D eigenvalue weighted by Crippen LogP contribution is -2.55. The van der Waals surface area contributed by atoms with Crippen LogP contribution in [0.15, 0.2) is 4.99 Å². The second-order valence-electron chi connectivity index (χ2n) is 4.86. The van der Waals surface area contributed by atoms with Gasteiger partial charge in [0.05, 0.1) is 0 Å². The Morgan fingerprint density at radius 3 is 2.56 bits per heavy atom. The molecule has 0 aromatic heterocycles. The molecule has 1 heterocycles. The standard InChI is InChI=1S/C13H27N5/c1-3-5-7-9-11-16-12(14)17-13(15)18(11)10-8-6-4-2/h11H,3-10H2,1-2H3,(H4,14,15,16,17). The minimum atomic E-state index is 0.0576. The fourth-order valence-corrected chi connectivity index (χ4v) is 2.19. The summed E-state index contributed by atoms with van der Waals surface area (Å²) in [5, 5.41) is 10.8. The van der Waals surface area contributed by atoms with Gasteiger partial charge in [-0.25, -0.2) is 4.99 Å². The number of aliphatic imine (C=N–C) groups is 1. The molecule has 5 heteroatoms. The molecule has 1 aliphatic rings. The van der Waals surface area contributed by atoms with Crippen LogP contribution < -0.4 is 11.1 Å². The molecule has 0 spiro atoms. The minimum Gasteiger partial charge on any atom is -0.370 e. The van der Waals surface area contributed by atoms with Crippen LogP contribution in [-0.4, -0.2) is 29.5 Å². The van der Waals surface area contributed by atoms with Crippen molar-refractivity contribution in [1.82, 2.24) is 10.2 Å². The molecule has 5 nitrogen and oxygen atoms in total. The van der Waals surface area contributed by atoms with Gasteiger partial charge in [0.25, 0.3) is 0 Å². The highest BCUT2D eigenvalue weighted by Gasteiger charge is 2.24. The molecule has 18 heavy (non-hydrogen) atoms. The second-order valence-corrected chi connectivity index (χ2v) is 4.86. The molecule has 0 saturated heterocycles. The normalized spacial score (nSPS) is 19.7. The van der Waals surface area contributed by atoms with Gasteiger partial charge in [0.1, 0.15) is 6.17 Å². The van der Waals surface area contributed by atoms with Gasteiger partial charge in [-0.05, 0) is 19.3 Å². The predicted molar refractivity (Wildman–Crippen MR) is 76.6 cm³/mol. The van der Waals surface area contributed by atoms with E-state index in [1.54, 1.807) is 0 Å². The summed E-state index contributed by atoms with van der Waals surface area (Å²) in [6.07, 6.45) is 8.13. The summed E-state index contributed by atoms with van der Waals surface area (Å²) in [5.41, 5.74) is 5.71. The minimum absolute atomic E-state index is 0.0576. The number of nitrogens with zero attached hydrogens (tertiary/aromatic N) is 2. The zero-order chi connectivity index (χ0) is 13.4. The van der Waals surface area contributed by atoms with E-state index < -0.39 is 0 Å². The van der Waals surface area contributed by atoms with E-state index in [1.165, 1.54) is 25.7 Å². The number of nitrogens with one attached hydrogen (secondary N) is 2. The molecule has 4 N–H and O–H groups in total. The smallest absolute Gasteiger partial charge is 0.199 e. The molecule has 0 saturated carbocycles. The van der Waals surface area contributed by atoms with Gasteiger partial charge in [-0.1, -0.05) is 39.5 Å². The van der Waals surface area contributed by atoms with Gasteiger partial charge < -0.3 is 10.6 Å². The first-order valence-electron chi connectivity index (χ1n) is 7.14. The number of hydrogen-bond acceptors (Lipinski definition) is 3. The Kier molecular flexibility index (Phi) is 6.54. The molecule has 0 radical (unpaired) electrons. The van der Waals surface area contributed by atoms with Crippen LogP contribution in [0.3, 0.4) is 0 Å². The van der Waals surface area contributed by atoms with E-state index in [9.17, 15) is 0 Å². The molecule has 104 valence electrons. The monoisotopic (exact) mass is 253 g/mol. The van der Waals surface area contributed by atoms with E-state index >= 15 is 0 Å². The molecule has 0 aromatic rings. The first-order chi connectivity index (χ1) is 8.69. The molecular weight excluding hydrogens is 226 g/mol. The average molecular weight is 253 g/mol. The van der Waals surface area contributed by atoms with Crippen molar-refractivity contribution in [1.29, 1.82) is 5.41 Å². The van der Waals surface area contributed by atoms with Crippen LogP contribution in [-0.2, 0) is 0 Å². The van der Waals surface area contributed by atoms with Crippen LogP contribution in [0.2, 0.25) is 0 Å². The first-order valence-corrected chi connectivity index (χ1v) is 7.14. The third-order valence-corrected chi connectivity index (χ3v) is 3.25. The van der Waals surface area contributed by atoms with Gasteiger partial charge in [-0.15, -0.1) is 0 Å². The van der Waals surface area contributed by atoms with Crippen LogP contribution >= 0.6 is 0 Å². The zero-order valence-corrected chi connectivity index (χ0v) is 11.7. The van der Waals surface area contributed by atoms with Crippen molar-refractivity contribution < 1.29 is 0 Å². The highest BCUT2D eigenvalue weighted by molar-refractivity contribution is 5.98. The van der Waals surface area contributed by atoms with E-state index in [2.05, 4.69) is 24.2 Å². The van der Waals surface area contributed by atoms with E-state index in [4.69, 9.17) is 11.1 Å². The maximum atomic E-state index is 7.98. The van der Waals surface area contributed by atoms with E-state index in [0.29, 0.717) is 11.9 Å². The maximum absolute atomic E-state index is 7.98. The quantitative estimate of drug-likeness (QED) is 0.580. The molecule has 0 fully saturated rings. The summed E-state index contributed by atoms with van der Waals surface area (Å²) >= 11 is 0. The molecule has 1 aliphatic heterocycles. The molecular formula is C13H27N5. The topological polar surface area (TPSA) is 77.5 Å². The van der Waals surface area contributed by atoms with E-state index in [0.717, 1.165) is 25.8 Å². The highest BCUT2D eigenvalue weighted by Crippen LogP contribution is 2.15. The lowest BCUT2D eigenvalue weighted by Gasteiger charge is -2.35.